The zero-order valence-corrected chi connectivity index (χ0v) is 19.4. The zero-order chi connectivity index (χ0) is 20.0. The summed E-state index contributed by atoms with van der Waals surface area (Å²) in [4.78, 5) is 16.5. The van der Waals surface area contributed by atoms with E-state index in [1.165, 1.54) is 5.56 Å². The predicted molar refractivity (Wildman–Crippen MR) is 129 cm³/mol. The summed E-state index contributed by atoms with van der Waals surface area (Å²) in [5, 5.41) is 9.51. The van der Waals surface area contributed by atoms with Crippen molar-refractivity contribution in [1.29, 1.82) is 0 Å². The molecule has 0 aromatic heterocycles. The standard InChI is InChI=1S/C22H30N4O2.HI/c1-3-23-22(26-17-14-18-10-12-20(28-2)13-11-18)25-16-7-15-24-21(27)19-8-5-4-6-9-19;/h4-6,8-13H,3,7,14-17H2,1-2H3,(H,24,27)(H2,23,25,26);1H. The van der Waals surface area contributed by atoms with Gasteiger partial charge in [-0.3, -0.25) is 9.79 Å². The van der Waals surface area contributed by atoms with Gasteiger partial charge in [-0.25, -0.2) is 0 Å². The number of hydrogen-bond acceptors (Lipinski definition) is 3. The van der Waals surface area contributed by atoms with E-state index in [1.807, 2.05) is 49.4 Å². The highest BCUT2D eigenvalue weighted by Crippen LogP contribution is 2.11. The van der Waals surface area contributed by atoms with Crippen LogP contribution in [0.25, 0.3) is 0 Å². The molecule has 0 aliphatic rings. The maximum absolute atomic E-state index is 12.0. The van der Waals surface area contributed by atoms with Gasteiger partial charge in [0.15, 0.2) is 5.96 Å². The number of benzene rings is 2. The van der Waals surface area contributed by atoms with Crippen LogP contribution in [0.1, 0.15) is 29.3 Å². The molecule has 0 atom stereocenters. The molecular formula is C22H31IN4O2. The summed E-state index contributed by atoms with van der Waals surface area (Å²) < 4.78 is 5.18. The zero-order valence-electron chi connectivity index (χ0n) is 17.1. The topological polar surface area (TPSA) is 74.8 Å². The first-order chi connectivity index (χ1) is 13.7. The Balaban J connectivity index is 0.00000420. The predicted octanol–water partition coefficient (Wildman–Crippen LogP) is 3.23. The van der Waals surface area contributed by atoms with Crippen molar-refractivity contribution in [2.75, 3.05) is 33.3 Å². The number of nitrogens with one attached hydrogen (secondary N) is 3. The van der Waals surface area contributed by atoms with Gasteiger partial charge in [-0.05, 0) is 49.6 Å². The Kier molecular flexibility index (Phi) is 12.5. The average molecular weight is 510 g/mol. The summed E-state index contributed by atoms with van der Waals surface area (Å²) >= 11 is 0. The Hall–Kier alpha value is -2.29. The molecule has 0 saturated carbocycles. The van der Waals surface area contributed by atoms with Gasteiger partial charge in [-0.15, -0.1) is 24.0 Å². The van der Waals surface area contributed by atoms with Crippen molar-refractivity contribution in [2.45, 2.75) is 19.8 Å². The van der Waals surface area contributed by atoms with Gasteiger partial charge in [0, 0.05) is 31.7 Å². The lowest BCUT2D eigenvalue weighted by Gasteiger charge is -2.11. The number of hydrogen-bond donors (Lipinski definition) is 3. The van der Waals surface area contributed by atoms with Crippen LogP contribution in [0.3, 0.4) is 0 Å². The summed E-state index contributed by atoms with van der Waals surface area (Å²) in [5.41, 5.74) is 1.92. The van der Waals surface area contributed by atoms with Crippen molar-refractivity contribution in [1.82, 2.24) is 16.0 Å². The number of ether oxygens (including phenoxy) is 1. The van der Waals surface area contributed by atoms with Crippen LogP contribution in [-0.2, 0) is 6.42 Å². The summed E-state index contributed by atoms with van der Waals surface area (Å²) in [6, 6.07) is 17.3. The minimum absolute atomic E-state index is 0. The summed E-state index contributed by atoms with van der Waals surface area (Å²) in [6.45, 7) is 4.89. The van der Waals surface area contributed by atoms with E-state index < -0.39 is 0 Å². The molecule has 7 heteroatoms. The van der Waals surface area contributed by atoms with Gasteiger partial charge in [-0.1, -0.05) is 30.3 Å². The fourth-order valence-electron chi connectivity index (χ4n) is 2.62. The third-order valence-corrected chi connectivity index (χ3v) is 4.14. The summed E-state index contributed by atoms with van der Waals surface area (Å²) in [7, 11) is 1.67. The normalized spacial score (nSPS) is 10.6. The number of carbonyl (C=O) groups excluding carboxylic acids is 1. The number of carbonyl (C=O) groups is 1. The highest BCUT2D eigenvalue weighted by Gasteiger charge is 2.03. The Labute approximate surface area is 190 Å². The van der Waals surface area contributed by atoms with E-state index in [0.29, 0.717) is 18.7 Å². The third kappa shape index (κ3) is 9.65. The minimum Gasteiger partial charge on any atom is -0.497 e. The van der Waals surface area contributed by atoms with Crippen LogP contribution >= 0.6 is 24.0 Å². The largest absolute Gasteiger partial charge is 0.497 e. The third-order valence-electron chi connectivity index (χ3n) is 4.14. The van der Waals surface area contributed by atoms with Crippen molar-refractivity contribution in [3.05, 3.63) is 65.7 Å². The molecule has 0 unspecified atom stereocenters. The number of nitrogens with zero attached hydrogens (tertiary/aromatic N) is 1. The van der Waals surface area contributed by atoms with Crippen molar-refractivity contribution >= 4 is 35.8 Å². The molecule has 1 amide bonds. The van der Waals surface area contributed by atoms with E-state index in [0.717, 1.165) is 37.6 Å². The highest BCUT2D eigenvalue weighted by molar-refractivity contribution is 14.0. The maximum Gasteiger partial charge on any atom is 0.251 e. The van der Waals surface area contributed by atoms with E-state index in [2.05, 4.69) is 33.1 Å². The fraction of sp³-hybridized carbons (Fsp3) is 0.364. The summed E-state index contributed by atoms with van der Waals surface area (Å²) in [6.07, 6.45) is 1.69. The molecule has 0 spiro atoms. The SMILES string of the molecule is CCNC(=NCCCNC(=O)c1ccccc1)NCCc1ccc(OC)cc1.I. The van der Waals surface area contributed by atoms with E-state index in [-0.39, 0.29) is 29.9 Å². The average Bonchev–Trinajstić information content (AvgIpc) is 2.74. The smallest absolute Gasteiger partial charge is 0.251 e. The van der Waals surface area contributed by atoms with Crippen LogP contribution in [0.4, 0.5) is 0 Å². The first-order valence-electron chi connectivity index (χ1n) is 9.71. The van der Waals surface area contributed by atoms with Gasteiger partial charge in [0.1, 0.15) is 5.75 Å². The van der Waals surface area contributed by atoms with Crippen molar-refractivity contribution in [2.24, 2.45) is 4.99 Å². The van der Waals surface area contributed by atoms with E-state index in [4.69, 9.17) is 4.74 Å². The monoisotopic (exact) mass is 510 g/mol. The van der Waals surface area contributed by atoms with Gasteiger partial charge in [0.25, 0.3) is 5.91 Å². The van der Waals surface area contributed by atoms with Crippen molar-refractivity contribution < 1.29 is 9.53 Å². The lowest BCUT2D eigenvalue weighted by molar-refractivity contribution is 0.0953. The molecule has 0 radical (unpaired) electrons. The minimum atomic E-state index is -0.0471. The Bertz CT molecular complexity index is 736. The molecular weight excluding hydrogens is 479 g/mol. The first kappa shape index (κ1) is 24.7. The molecule has 2 aromatic rings. The fourth-order valence-corrected chi connectivity index (χ4v) is 2.62. The molecule has 0 bridgehead atoms. The van der Waals surface area contributed by atoms with Crippen LogP contribution in [0, 0.1) is 0 Å². The van der Waals surface area contributed by atoms with Gasteiger partial charge >= 0.3 is 0 Å². The van der Waals surface area contributed by atoms with Crippen LogP contribution in [0.5, 0.6) is 5.75 Å². The van der Waals surface area contributed by atoms with Crippen LogP contribution in [0.15, 0.2) is 59.6 Å². The Morgan fingerprint density at radius 3 is 2.34 bits per heavy atom. The maximum atomic E-state index is 12.0. The molecule has 0 heterocycles. The molecule has 6 nitrogen and oxygen atoms in total. The Morgan fingerprint density at radius 1 is 0.966 bits per heavy atom. The quantitative estimate of drug-likeness (QED) is 0.199. The Morgan fingerprint density at radius 2 is 1.69 bits per heavy atom. The molecule has 158 valence electrons. The summed E-state index contributed by atoms with van der Waals surface area (Å²) in [5.74, 6) is 1.62. The second-order valence-corrected chi connectivity index (χ2v) is 6.26. The van der Waals surface area contributed by atoms with Gasteiger partial charge in [0.2, 0.25) is 0 Å². The number of aliphatic imine (C=N–C) groups is 1. The van der Waals surface area contributed by atoms with Crippen molar-refractivity contribution in [3.63, 3.8) is 0 Å². The highest BCUT2D eigenvalue weighted by atomic mass is 127. The lowest BCUT2D eigenvalue weighted by atomic mass is 10.1. The molecule has 0 aliphatic heterocycles. The lowest BCUT2D eigenvalue weighted by Crippen LogP contribution is -2.38. The molecule has 29 heavy (non-hydrogen) atoms. The van der Waals surface area contributed by atoms with Crippen LogP contribution < -0.4 is 20.7 Å². The van der Waals surface area contributed by atoms with Gasteiger partial charge < -0.3 is 20.7 Å². The number of rotatable bonds is 10. The molecule has 2 aromatic carbocycles. The number of methoxy groups -OCH3 is 1. The molecule has 0 saturated heterocycles. The number of guanidine groups is 1. The second-order valence-electron chi connectivity index (χ2n) is 6.26. The van der Waals surface area contributed by atoms with Gasteiger partial charge in [-0.2, -0.15) is 0 Å². The van der Waals surface area contributed by atoms with E-state index in [1.54, 1.807) is 7.11 Å². The number of amides is 1. The number of halogens is 1. The van der Waals surface area contributed by atoms with E-state index in [9.17, 15) is 4.79 Å². The molecule has 0 aliphatic carbocycles. The van der Waals surface area contributed by atoms with Crippen LogP contribution in [-0.4, -0.2) is 45.2 Å². The van der Waals surface area contributed by atoms with Crippen LogP contribution in [0.2, 0.25) is 0 Å². The molecule has 3 N–H and O–H groups in total. The van der Waals surface area contributed by atoms with Gasteiger partial charge in [0.05, 0.1) is 7.11 Å². The molecule has 2 rings (SSSR count). The second kappa shape index (κ2) is 14.7. The van der Waals surface area contributed by atoms with Crippen molar-refractivity contribution in [3.8, 4) is 5.75 Å². The van der Waals surface area contributed by atoms with E-state index >= 15 is 0 Å². The molecule has 0 fully saturated rings. The first-order valence-corrected chi connectivity index (χ1v) is 9.71.